The fraction of sp³-hybridized carbons (Fsp3) is 0.389. The van der Waals surface area contributed by atoms with Crippen molar-refractivity contribution in [3.8, 4) is 0 Å². The number of nitrogen functional groups attached to an aromatic ring is 1. The van der Waals surface area contributed by atoms with Gasteiger partial charge in [-0.3, -0.25) is 0 Å². The number of nitrogens with one attached hydrogen (secondary N) is 2. The van der Waals surface area contributed by atoms with Crippen molar-refractivity contribution in [2.45, 2.75) is 27.2 Å². The molecule has 7 nitrogen and oxygen atoms in total. The molecule has 0 bridgehead atoms. The number of carbonyl (C=O) groups excluding carboxylic acids is 1. The Balaban J connectivity index is 2.19. The van der Waals surface area contributed by atoms with E-state index in [1.807, 2.05) is 6.07 Å². The highest BCUT2D eigenvalue weighted by Gasteiger charge is 2.14. The Morgan fingerprint density at radius 3 is 2.68 bits per heavy atom. The van der Waals surface area contributed by atoms with E-state index in [2.05, 4.69) is 34.4 Å². The number of rotatable bonds is 8. The monoisotopic (exact) mass is 343 g/mol. The molecule has 134 valence electrons. The zero-order valence-electron chi connectivity index (χ0n) is 14.9. The first-order valence-corrected chi connectivity index (χ1v) is 8.40. The second kappa shape index (κ2) is 8.86. The number of nitrogens with two attached hydrogens (primary N) is 1. The molecule has 2 rings (SSSR count). The first-order valence-electron chi connectivity index (χ1n) is 8.40. The molecule has 0 aliphatic heterocycles. The Labute approximate surface area is 148 Å². The van der Waals surface area contributed by atoms with Crippen molar-refractivity contribution in [2.24, 2.45) is 5.92 Å². The van der Waals surface area contributed by atoms with E-state index in [9.17, 15) is 4.79 Å². The fourth-order valence-electron chi connectivity index (χ4n) is 2.22. The van der Waals surface area contributed by atoms with E-state index in [1.54, 1.807) is 25.1 Å². The van der Waals surface area contributed by atoms with Crippen LogP contribution < -0.4 is 16.4 Å². The van der Waals surface area contributed by atoms with Crippen LogP contribution in [0.15, 0.2) is 30.6 Å². The highest BCUT2D eigenvalue weighted by Crippen LogP contribution is 2.27. The predicted molar refractivity (Wildman–Crippen MR) is 100 cm³/mol. The van der Waals surface area contributed by atoms with Gasteiger partial charge in [0.25, 0.3) is 0 Å². The summed E-state index contributed by atoms with van der Waals surface area (Å²) in [4.78, 5) is 20.4. The summed E-state index contributed by atoms with van der Waals surface area (Å²) < 4.78 is 5.08. The van der Waals surface area contributed by atoms with Crippen molar-refractivity contribution >= 4 is 29.0 Å². The summed E-state index contributed by atoms with van der Waals surface area (Å²) in [6.07, 6.45) is 2.45. The molecule has 7 heteroatoms. The van der Waals surface area contributed by atoms with E-state index in [0.29, 0.717) is 41.1 Å². The summed E-state index contributed by atoms with van der Waals surface area (Å²) in [6, 6.07) is 7.07. The summed E-state index contributed by atoms with van der Waals surface area (Å²) >= 11 is 0. The number of hydrogen-bond donors (Lipinski definition) is 3. The van der Waals surface area contributed by atoms with E-state index in [-0.39, 0.29) is 0 Å². The highest BCUT2D eigenvalue weighted by molar-refractivity contribution is 5.97. The Hall–Kier alpha value is -2.83. The molecule has 4 N–H and O–H groups in total. The first-order chi connectivity index (χ1) is 12.0. The quantitative estimate of drug-likeness (QED) is 0.631. The average molecular weight is 343 g/mol. The normalized spacial score (nSPS) is 10.6. The van der Waals surface area contributed by atoms with Gasteiger partial charge in [0.2, 0.25) is 0 Å². The third-order valence-electron chi connectivity index (χ3n) is 3.57. The van der Waals surface area contributed by atoms with Crippen LogP contribution in [0, 0.1) is 5.92 Å². The van der Waals surface area contributed by atoms with Crippen LogP contribution in [0.4, 0.5) is 23.0 Å². The Bertz CT molecular complexity index is 718. The molecule has 1 aromatic heterocycles. The zero-order chi connectivity index (χ0) is 18.2. The van der Waals surface area contributed by atoms with Crippen molar-refractivity contribution in [2.75, 3.05) is 29.5 Å². The zero-order valence-corrected chi connectivity index (χ0v) is 14.9. The van der Waals surface area contributed by atoms with Crippen LogP contribution >= 0.6 is 0 Å². The van der Waals surface area contributed by atoms with Crippen LogP contribution in [0.3, 0.4) is 0 Å². The third kappa shape index (κ3) is 5.07. The summed E-state index contributed by atoms with van der Waals surface area (Å²) in [5.74, 6) is 1.21. The summed E-state index contributed by atoms with van der Waals surface area (Å²) in [7, 11) is 0. The number of benzene rings is 1. The van der Waals surface area contributed by atoms with Gasteiger partial charge in [0, 0.05) is 6.54 Å². The van der Waals surface area contributed by atoms with Gasteiger partial charge in [-0.25, -0.2) is 14.8 Å². The van der Waals surface area contributed by atoms with Gasteiger partial charge in [-0.1, -0.05) is 26.0 Å². The molecule has 2 aromatic rings. The molecular formula is C18H25N5O2. The molecule has 0 atom stereocenters. The van der Waals surface area contributed by atoms with Crippen LogP contribution in [0.25, 0.3) is 0 Å². The molecule has 0 aliphatic rings. The molecule has 0 radical (unpaired) electrons. The van der Waals surface area contributed by atoms with E-state index >= 15 is 0 Å². The molecule has 0 spiro atoms. The molecule has 0 saturated carbocycles. The molecule has 0 fully saturated rings. The molecule has 1 heterocycles. The molecule has 0 aliphatic carbocycles. The Kier molecular flexibility index (Phi) is 6.56. The van der Waals surface area contributed by atoms with E-state index in [0.717, 1.165) is 13.0 Å². The van der Waals surface area contributed by atoms with Crippen molar-refractivity contribution < 1.29 is 9.53 Å². The van der Waals surface area contributed by atoms with Gasteiger partial charge in [0.15, 0.2) is 11.6 Å². The van der Waals surface area contributed by atoms with Gasteiger partial charge < -0.3 is 21.1 Å². The summed E-state index contributed by atoms with van der Waals surface area (Å²) in [5, 5.41) is 6.32. The van der Waals surface area contributed by atoms with Crippen LogP contribution in [0.2, 0.25) is 0 Å². The van der Waals surface area contributed by atoms with Crippen molar-refractivity contribution in [1.29, 1.82) is 0 Å². The number of esters is 1. The largest absolute Gasteiger partial charge is 0.462 e. The Morgan fingerprint density at radius 2 is 1.96 bits per heavy atom. The van der Waals surface area contributed by atoms with E-state index < -0.39 is 5.97 Å². The average Bonchev–Trinajstić information content (AvgIpc) is 2.58. The topological polar surface area (TPSA) is 102 Å². The van der Waals surface area contributed by atoms with Crippen LogP contribution in [-0.4, -0.2) is 29.1 Å². The highest BCUT2D eigenvalue weighted by atomic mass is 16.5. The SMILES string of the molecule is CCOC(=O)c1ccccc1Nc1ncnc(NCCC(C)C)c1N. The van der Waals surface area contributed by atoms with Crippen LogP contribution in [0.1, 0.15) is 37.6 Å². The van der Waals surface area contributed by atoms with Crippen LogP contribution in [0.5, 0.6) is 0 Å². The van der Waals surface area contributed by atoms with E-state index in [4.69, 9.17) is 10.5 Å². The second-order valence-corrected chi connectivity index (χ2v) is 5.98. The third-order valence-corrected chi connectivity index (χ3v) is 3.57. The lowest BCUT2D eigenvalue weighted by Crippen LogP contribution is -2.12. The number of hydrogen-bond acceptors (Lipinski definition) is 7. The molecule has 0 saturated heterocycles. The number of anilines is 4. The minimum absolute atomic E-state index is 0.312. The lowest BCUT2D eigenvalue weighted by molar-refractivity contribution is 0.0527. The smallest absolute Gasteiger partial charge is 0.340 e. The maximum Gasteiger partial charge on any atom is 0.340 e. The van der Waals surface area contributed by atoms with Gasteiger partial charge in [-0.2, -0.15) is 0 Å². The number of nitrogens with zero attached hydrogens (tertiary/aromatic N) is 2. The van der Waals surface area contributed by atoms with Gasteiger partial charge in [0.05, 0.1) is 17.9 Å². The standard InChI is InChI=1S/C18H25N5O2/c1-4-25-18(24)13-7-5-6-8-14(13)23-17-15(19)16(21-11-22-17)20-10-9-12(2)3/h5-8,11-12H,4,9-10,19H2,1-3H3,(H2,20,21,22,23). The molecule has 1 aromatic carbocycles. The van der Waals surface area contributed by atoms with Gasteiger partial charge >= 0.3 is 5.97 Å². The molecule has 0 unspecified atom stereocenters. The number of para-hydroxylation sites is 1. The summed E-state index contributed by atoms with van der Waals surface area (Å²) in [6.45, 7) is 7.17. The van der Waals surface area contributed by atoms with Crippen molar-refractivity contribution in [3.63, 3.8) is 0 Å². The second-order valence-electron chi connectivity index (χ2n) is 5.98. The molecular weight excluding hydrogens is 318 g/mol. The molecule has 0 amide bonds. The minimum atomic E-state index is -0.395. The number of carbonyl (C=O) groups is 1. The van der Waals surface area contributed by atoms with Gasteiger partial charge in [-0.15, -0.1) is 0 Å². The lowest BCUT2D eigenvalue weighted by Gasteiger charge is -2.14. The van der Waals surface area contributed by atoms with Crippen molar-refractivity contribution in [1.82, 2.24) is 9.97 Å². The first kappa shape index (κ1) is 18.5. The maximum absolute atomic E-state index is 12.1. The molecule has 25 heavy (non-hydrogen) atoms. The number of aromatic nitrogens is 2. The van der Waals surface area contributed by atoms with Crippen molar-refractivity contribution in [3.05, 3.63) is 36.2 Å². The summed E-state index contributed by atoms with van der Waals surface area (Å²) in [5.41, 5.74) is 7.58. The van der Waals surface area contributed by atoms with Gasteiger partial charge in [-0.05, 0) is 31.4 Å². The number of ether oxygens (including phenoxy) is 1. The predicted octanol–water partition coefficient (Wildman–Crippen LogP) is 3.44. The van der Waals surface area contributed by atoms with Gasteiger partial charge in [0.1, 0.15) is 12.0 Å². The fourth-order valence-corrected chi connectivity index (χ4v) is 2.22. The Morgan fingerprint density at radius 1 is 1.24 bits per heavy atom. The lowest BCUT2D eigenvalue weighted by atomic mass is 10.1. The minimum Gasteiger partial charge on any atom is -0.462 e. The van der Waals surface area contributed by atoms with Crippen LogP contribution in [-0.2, 0) is 4.74 Å². The maximum atomic E-state index is 12.1. The van der Waals surface area contributed by atoms with E-state index in [1.165, 1.54) is 6.33 Å².